The first-order chi connectivity index (χ1) is 13.9. The third-order valence-electron chi connectivity index (χ3n) is 4.23. The van der Waals surface area contributed by atoms with Crippen molar-refractivity contribution in [2.75, 3.05) is 11.5 Å². The summed E-state index contributed by atoms with van der Waals surface area (Å²) in [5, 5.41) is 1.18. The van der Waals surface area contributed by atoms with Gasteiger partial charge in [0.1, 0.15) is 4.90 Å². The second kappa shape index (κ2) is 7.03. The number of hydrogen-bond acceptors (Lipinski definition) is 4. The van der Waals surface area contributed by atoms with Crippen molar-refractivity contribution in [1.82, 2.24) is 9.97 Å². The lowest BCUT2D eigenvalue weighted by Crippen LogP contribution is -2.14. The summed E-state index contributed by atoms with van der Waals surface area (Å²) in [5.74, 6) is -2.53. The number of H-pyrrole nitrogens is 1. The minimum Gasteiger partial charge on any atom is -0.423 e. The topological polar surface area (TPSA) is 88.4 Å². The molecule has 2 N–H and O–H groups in total. The molecule has 0 spiro atoms. The number of halogens is 2. The molecule has 2 heterocycles. The molecule has 7 nitrogen and oxygen atoms in total. The molecule has 146 valence electrons. The van der Waals surface area contributed by atoms with Crippen molar-refractivity contribution >= 4 is 37.5 Å². The molecule has 4 aromatic rings. The smallest absolute Gasteiger partial charge is 0.357 e. The fourth-order valence-electron chi connectivity index (χ4n) is 2.94. The minimum atomic E-state index is -4.26. The lowest BCUT2D eigenvalue weighted by Gasteiger charge is -2.10. The van der Waals surface area contributed by atoms with Gasteiger partial charge in [-0.15, -0.1) is 0 Å². The highest BCUT2D eigenvalue weighted by Gasteiger charge is 2.23. The Labute approximate surface area is 163 Å². The Hall–Kier alpha value is -3.71. The number of anilines is 1. The van der Waals surface area contributed by atoms with Gasteiger partial charge in [0.2, 0.25) is 0 Å². The summed E-state index contributed by atoms with van der Waals surface area (Å²) in [6.45, 7) is 6.13. The van der Waals surface area contributed by atoms with Gasteiger partial charge in [-0.1, -0.05) is 18.2 Å². The van der Waals surface area contributed by atoms with Gasteiger partial charge in [0.25, 0.3) is 10.0 Å². The van der Waals surface area contributed by atoms with Gasteiger partial charge in [-0.3, -0.25) is 14.6 Å². The van der Waals surface area contributed by atoms with Gasteiger partial charge < -0.3 is 9.72 Å². The Morgan fingerprint density at radius 2 is 2.03 bits per heavy atom. The van der Waals surface area contributed by atoms with Gasteiger partial charge in [0.15, 0.2) is 17.4 Å². The van der Waals surface area contributed by atoms with E-state index in [4.69, 9.17) is 11.3 Å². The highest BCUT2D eigenvalue weighted by Crippen LogP contribution is 2.31. The van der Waals surface area contributed by atoms with E-state index in [0.717, 1.165) is 11.6 Å². The highest BCUT2D eigenvalue weighted by molar-refractivity contribution is 7.93. The van der Waals surface area contributed by atoms with Crippen LogP contribution in [0, 0.1) is 18.2 Å². The van der Waals surface area contributed by atoms with Crippen molar-refractivity contribution in [3.8, 4) is 5.75 Å². The monoisotopic (exact) mass is 414 g/mol. The largest absolute Gasteiger partial charge is 0.423 e. The third-order valence-corrected chi connectivity index (χ3v) is 5.62. The molecule has 0 aliphatic heterocycles. The van der Waals surface area contributed by atoms with E-state index in [1.165, 1.54) is 0 Å². The molecule has 0 atom stereocenters. The summed E-state index contributed by atoms with van der Waals surface area (Å²) in [6.07, 6.45) is 2.85. The molecule has 0 saturated carbocycles. The Kier molecular flexibility index (Phi) is 4.52. The van der Waals surface area contributed by atoms with Crippen LogP contribution in [-0.2, 0) is 10.0 Å². The quantitative estimate of drug-likeness (QED) is 0.482. The molecule has 0 unspecified atom stereocenters. The van der Waals surface area contributed by atoms with Crippen molar-refractivity contribution in [3.63, 3.8) is 0 Å². The Balaban J connectivity index is 1.74. The number of ether oxygens (including phenoxy) is 1. The van der Waals surface area contributed by atoms with E-state index < -0.39 is 39.8 Å². The highest BCUT2D eigenvalue weighted by atomic mass is 32.2. The van der Waals surface area contributed by atoms with Gasteiger partial charge in [-0.25, -0.2) is 23.8 Å². The number of benzene rings is 2. The minimum absolute atomic E-state index is 0.167. The van der Waals surface area contributed by atoms with Crippen LogP contribution < -0.4 is 9.46 Å². The first-order valence-corrected chi connectivity index (χ1v) is 9.72. The zero-order valence-corrected chi connectivity index (χ0v) is 15.4. The Morgan fingerprint density at radius 1 is 1.21 bits per heavy atom. The fraction of sp³-hybridized carbons (Fsp3) is 0.0526. The lowest BCUT2D eigenvalue weighted by molar-refractivity contribution is 0.337. The van der Waals surface area contributed by atoms with Crippen LogP contribution in [0.4, 0.5) is 14.5 Å². The normalized spacial score (nSPS) is 11.5. The number of rotatable bonds is 5. The number of aromatic amines is 1. The number of fused-ring (bicyclic) bond motifs is 3. The maximum atomic E-state index is 14.3. The van der Waals surface area contributed by atoms with E-state index in [2.05, 4.69) is 14.8 Å². The van der Waals surface area contributed by atoms with Gasteiger partial charge >= 0.3 is 6.73 Å². The third kappa shape index (κ3) is 3.32. The molecule has 0 radical (unpaired) electrons. The molecular weight excluding hydrogens is 402 g/mol. The van der Waals surface area contributed by atoms with Crippen LogP contribution in [-0.4, -0.2) is 25.1 Å². The number of aromatic nitrogens is 2. The second-order valence-corrected chi connectivity index (χ2v) is 7.67. The predicted molar refractivity (Wildman–Crippen MR) is 103 cm³/mol. The van der Waals surface area contributed by atoms with Crippen LogP contribution in [0.3, 0.4) is 0 Å². The predicted octanol–water partition coefficient (Wildman–Crippen LogP) is 4.05. The van der Waals surface area contributed by atoms with Crippen molar-refractivity contribution in [2.24, 2.45) is 0 Å². The number of nitrogens with zero attached hydrogens (tertiary/aromatic N) is 2. The van der Waals surface area contributed by atoms with Crippen LogP contribution in [0.2, 0.25) is 0 Å². The summed E-state index contributed by atoms with van der Waals surface area (Å²) >= 11 is 0. The summed E-state index contributed by atoms with van der Waals surface area (Å²) in [7, 11) is -4.26. The fourth-order valence-corrected chi connectivity index (χ4v) is 4.14. The van der Waals surface area contributed by atoms with E-state index in [9.17, 15) is 17.2 Å². The van der Waals surface area contributed by atoms with Crippen LogP contribution in [0.5, 0.6) is 5.75 Å². The molecule has 0 aliphatic carbocycles. The Bertz CT molecular complexity index is 1390. The number of sulfonamides is 1. The van der Waals surface area contributed by atoms with E-state index in [1.807, 2.05) is 10.8 Å². The van der Waals surface area contributed by atoms with Crippen molar-refractivity contribution in [3.05, 3.63) is 71.8 Å². The second-order valence-electron chi connectivity index (χ2n) is 6.02. The maximum absolute atomic E-state index is 14.3. The first-order valence-electron chi connectivity index (χ1n) is 8.23. The zero-order valence-electron chi connectivity index (χ0n) is 14.6. The maximum Gasteiger partial charge on any atom is 0.357 e. The molecule has 2 aromatic carbocycles. The molecule has 29 heavy (non-hydrogen) atoms. The first kappa shape index (κ1) is 18.6. The van der Waals surface area contributed by atoms with E-state index in [-0.39, 0.29) is 4.90 Å². The molecule has 0 fully saturated rings. The van der Waals surface area contributed by atoms with Crippen LogP contribution >= 0.6 is 0 Å². The molecule has 2 aromatic heterocycles. The molecular formula is C19H12F2N4O3S. The molecule has 0 bridgehead atoms. The molecule has 0 amide bonds. The summed E-state index contributed by atoms with van der Waals surface area (Å²) < 4.78 is 60.8. The van der Waals surface area contributed by atoms with Crippen molar-refractivity contribution in [1.29, 1.82) is 0 Å². The standard InChI is InChI=1S/C19H12F2N4O3S/c1-22-10-28-16-8-13(20)15(7-14(16)21)25-29(26,27)17-9-24-19-12(17)5-4-11-3-2-6-23-18(11)19/h2-9,23,25H,10H2. The molecule has 10 heteroatoms. The van der Waals surface area contributed by atoms with Crippen LogP contribution in [0.25, 0.3) is 26.7 Å². The van der Waals surface area contributed by atoms with Gasteiger partial charge in [0, 0.05) is 35.3 Å². The van der Waals surface area contributed by atoms with Gasteiger partial charge in [0.05, 0.1) is 16.7 Å². The number of nitrogens with one attached hydrogen (secondary N) is 2. The molecule has 0 aliphatic rings. The summed E-state index contributed by atoms with van der Waals surface area (Å²) in [6, 6.07) is 8.33. The van der Waals surface area contributed by atoms with Crippen LogP contribution in [0.15, 0.2) is 53.7 Å². The SMILES string of the molecule is [C-]#[N+]COc1cc(F)c(NS(=O)(=O)c2cnc3c2ccc2ccc[nH]c23)cc1F. The van der Waals surface area contributed by atoms with Crippen molar-refractivity contribution in [2.45, 2.75) is 4.90 Å². The van der Waals surface area contributed by atoms with Crippen LogP contribution in [0.1, 0.15) is 0 Å². The zero-order chi connectivity index (χ0) is 20.6. The van der Waals surface area contributed by atoms with E-state index in [0.29, 0.717) is 28.6 Å². The Morgan fingerprint density at radius 3 is 2.83 bits per heavy atom. The van der Waals surface area contributed by atoms with Gasteiger partial charge in [-0.05, 0) is 6.07 Å². The summed E-state index contributed by atoms with van der Waals surface area (Å²) in [5.41, 5.74) is 0.516. The van der Waals surface area contributed by atoms with Crippen molar-refractivity contribution < 1.29 is 21.9 Å². The van der Waals surface area contributed by atoms with E-state index in [1.54, 1.807) is 24.4 Å². The summed E-state index contributed by atoms with van der Waals surface area (Å²) in [4.78, 5) is 9.92. The van der Waals surface area contributed by atoms with Gasteiger partial charge in [-0.2, -0.15) is 0 Å². The van der Waals surface area contributed by atoms with E-state index >= 15 is 0 Å². The average molecular weight is 414 g/mol. The molecule has 4 rings (SSSR count). The number of hydrogen-bond donors (Lipinski definition) is 2. The number of pyridine rings is 1. The average Bonchev–Trinajstić information content (AvgIpc) is 3.15. The molecule has 0 saturated heterocycles. The lowest BCUT2D eigenvalue weighted by atomic mass is 10.1.